The summed E-state index contributed by atoms with van der Waals surface area (Å²) in [6.07, 6.45) is 5.60. The van der Waals surface area contributed by atoms with Gasteiger partial charge >= 0.3 is 0 Å². The molecule has 1 aliphatic heterocycles. The van der Waals surface area contributed by atoms with Crippen molar-refractivity contribution in [2.24, 2.45) is 5.41 Å². The van der Waals surface area contributed by atoms with Crippen molar-refractivity contribution < 1.29 is 4.74 Å². The van der Waals surface area contributed by atoms with E-state index in [9.17, 15) is 0 Å². The van der Waals surface area contributed by atoms with Gasteiger partial charge in [0.15, 0.2) is 6.61 Å². The fourth-order valence-electron chi connectivity index (χ4n) is 3.27. The average Bonchev–Trinajstić information content (AvgIpc) is 2.84. The molecular formula is C15H18N2O. The van der Waals surface area contributed by atoms with Crippen molar-refractivity contribution in [2.75, 3.05) is 24.6 Å². The smallest absolute Gasteiger partial charge is 0.174 e. The van der Waals surface area contributed by atoms with Gasteiger partial charge in [-0.3, -0.25) is 0 Å². The Morgan fingerprint density at radius 3 is 2.78 bits per heavy atom. The molecule has 3 rings (SSSR count). The van der Waals surface area contributed by atoms with Gasteiger partial charge in [-0.05, 0) is 25.0 Å². The van der Waals surface area contributed by atoms with Crippen molar-refractivity contribution in [3.05, 3.63) is 24.3 Å². The predicted octanol–water partition coefficient (Wildman–Crippen LogP) is 2.97. The third-order valence-corrected chi connectivity index (χ3v) is 4.20. The number of hydrogen-bond acceptors (Lipinski definition) is 3. The van der Waals surface area contributed by atoms with E-state index >= 15 is 0 Å². The number of rotatable bonds is 3. The lowest BCUT2D eigenvalue weighted by atomic mass is 9.78. The zero-order valence-electron chi connectivity index (χ0n) is 10.6. The van der Waals surface area contributed by atoms with Crippen molar-refractivity contribution in [2.45, 2.75) is 25.7 Å². The summed E-state index contributed by atoms with van der Waals surface area (Å²) in [5.74, 6) is 0.793. The maximum absolute atomic E-state index is 8.52. The summed E-state index contributed by atoms with van der Waals surface area (Å²) in [4.78, 5) is 2.42. The van der Waals surface area contributed by atoms with E-state index in [1.54, 1.807) is 0 Å². The van der Waals surface area contributed by atoms with Crippen molar-refractivity contribution in [1.82, 2.24) is 0 Å². The minimum atomic E-state index is 0.118. The van der Waals surface area contributed by atoms with Crippen LogP contribution >= 0.6 is 0 Å². The highest BCUT2D eigenvalue weighted by Gasteiger charge is 2.44. The molecule has 2 fully saturated rings. The van der Waals surface area contributed by atoms with Gasteiger partial charge in [0.2, 0.25) is 0 Å². The van der Waals surface area contributed by atoms with Crippen LogP contribution in [0, 0.1) is 16.7 Å². The third kappa shape index (κ3) is 2.03. The molecule has 1 aromatic rings. The van der Waals surface area contributed by atoms with E-state index < -0.39 is 0 Å². The molecule has 1 heterocycles. The van der Waals surface area contributed by atoms with Gasteiger partial charge in [0, 0.05) is 30.3 Å². The quantitative estimate of drug-likeness (QED) is 0.817. The molecule has 1 aliphatic carbocycles. The Morgan fingerprint density at radius 2 is 2.06 bits per heavy atom. The SMILES string of the molecule is N#CCOc1cccc(N2CC3(CCCC3)C2)c1. The predicted molar refractivity (Wildman–Crippen MR) is 70.7 cm³/mol. The number of hydrogen-bond donors (Lipinski definition) is 0. The van der Waals surface area contributed by atoms with Crippen molar-refractivity contribution >= 4 is 5.69 Å². The first-order valence-corrected chi connectivity index (χ1v) is 6.66. The first kappa shape index (κ1) is 11.4. The summed E-state index contributed by atoms with van der Waals surface area (Å²) < 4.78 is 5.34. The number of nitriles is 1. The van der Waals surface area contributed by atoms with Crippen molar-refractivity contribution in [3.8, 4) is 11.8 Å². The van der Waals surface area contributed by atoms with Crippen LogP contribution in [-0.2, 0) is 0 Å². The zero-order chi connectivity index (χ0) is 12.4. The average molecular weight is 242 g/mol. The van der Waals surface area contributed by atoms with Crippen LogP contribution < -0.4 is 9.64 Å². The lowest BCUT2D eigenvalue weighted by molar-refractivity contribution is 0.222. The van der Waals surface area contributed by atoms with E-state index in [-0.39, 0.29) is 6.61 Å². The second-order valence-electron chi connectivity index (χ2n) is 5.51. The van der Waals surface area contributed by atoms with Gasteiger partial charge in [-0.1, -0.05) is 18.9 Å². The van der Waals surface area contributed by atoms with E-state index in [0.717, 1.165) is 5.75 Å². The maximum Gasteiger partial charge on any atom is 0.174 e. The van der Waals surface area contributed by atoms with Crippen LogP contribution in [0.3, 0.4) is 0 Å². The van der Waals surface area contributed by atoms with Crippen LogP contribution in [0.2, 0.25) is 0 Å². The largest absolute Gasteiger partial charge is 0.479 e. The molecule has 1 aromatic carbocycles. The van der Waals surface area contributed by atoms with Gasteiger partial charge in [0.05, 0.1) is 0 Å². The Kier molecular flexibility index (Phi) is 2.87. The van der Waals surface area contributed by atoms with E-state index in [2.05, 4.69) is 11.0 Å². The highest BCUT2D eigenvalue weighted by Crippen LogP contribution is 2.47. The van der Waals surface area contributed by atoms with Crippen LogP contribution in [0.1, 0.15) is 25.7 Å². The van der Waals surface area contributed by atoms with Crippen LogP contribution in [0.15, 0.2) is 24.3 Å². The molecule has 18 heavy (non-hydrogen) atoms. The molecule has 0 atom stereocenters. The molecule has 0 aromatic heterocycles. The minimum absolute atomic E-state index is 0.118. The van der Waals surface area contributed by atoms with Gasteiger partial charge < -0.3 is 9.64 Å². The van der Waals surface area contributed by atoms with Crippen LogP contribution in [0.5, 0.6) is 5.75 Å². The van der Waals surface area contributed by atoms with E-state index in [1.807, 2.05) is 24.3 Å². The Balaban J connectivity index is 1.65. The Labute approximate surface area is 108 Å². The lowest BCUT2D eigenvalue weighted by Crippen LogP contribution is -2.55. The molecule has 0 bridgehead atoms. The molecule has 94 valence electrons. The number of ether oxygens (including phenoxy) is 1. The van der Waals surface area contributed by atoms with Gasteiger partial charge in [-0.15, -0.1) is 0 Å². The molecule has 0 radical (unpaired) electrons. The zero-order valence-corrected chi connectivity index (χ0v) is 10.6. The minimum Gasteiger partial charge on any atom is -0.479 e. The first-order valence-electron chi connectivity index (χ1n) is 6.66. The molecule has 1 saturated heterocycles. The van der Waals surface area contributed by atoms with Crippen molar-refractivity contribution in [1.29, 1.82) is 5.26 Å². The molecule has 0 N–H and O–H groups in total. The molecule has 1 saturated carbocycles. The highest BCUT2D eigenvalue weighted by molar-refractivity contribution is 5.53. The molecule has 2 aliphatic rings. The second kappa shape index (κ2) is 4.53. The Bertz CT molecular complexity index is 464. The lowest BCUT2D eigenvalue weighted by Gasteiger charge is -2.49. The summed E-state index contributed by atoms with van der Waals surface area (Å²) in [6.45, 7) is 2.50. The number of nitrogens with zero attached hydrogens (tertiary/aromatic N) is 2. The van der Waals surface area contributed by atoms with Gasteiger partial charge in [-0.2, -0.15) is 5.26 Å². The van der Waals surface area contributed by atoms with Crippen LogP contribution in [-0.4, -0.2) is 19.7 Å². The topological polar surface area (TPSA) is 36.3 Å². The molecule has 1 spiro atoms. The fraction of sp³-hybridized carbons (Fsp3) is 0.533. The van der Waals surface area contributed by atoms with Gasteiger partial charge in [-0.25, -0.2) is 0 Å². The third-order valence-electron chi connectivity index (χ3n) is 4.20. The summed E-state index contributed by atoms with van der Waals surface area (Å²) in [5, 5.41) is 8.52. The van der Waals surface area contributed by atoms with Gasteiger partial charge in [0.1, 0.15) is 11.8 Å². The van der Waals surface area contributed by atoms with Crippen LogP contribution in [0.4, 0.5) is 5.69 Å². The standard InChI is InChI=1S/C15H18N2O/c16-8-9-18-14-5-3-4-13(10-14)17-11-15(12-17)6-1-2-7-15/h3-5,10H,1-2,6-7,9,11-12H2. The molecule has 3 nitrogen and oxygen atoms in total. The van der Waals surface area contributed by atoms with E-state index in [0.29, 0.717) is 5.41 Å². The Morgan fingerprint density at radius 1 is 1.28 bits per heavy atom. The Hall–Kier alpha value is -1.69. The summed E-state index contributed by atoms with van der Waals surface area (Å²) in [5.41, 5.74) is 1.84. The monoisotopic (exact) mass is 242 g/mol. The number of benzene rings is 1. The molecule has 0 amide bonds. The fourth-order valence-corrected chi connectivity index (χ4v) is 3.27. The molecule has 3 heteroatoms. The normalized spacial score (nSPS) is 20.5. The van der Waals surface area contributed by atoms with E-state index in [1.165, 1.54) is 44.5 Å². The van der Waals surface area contributed by atoms with Crippen molar-refractivity contribution in [3.63, 3.8) is 0 Å². The maximum atomic E-state index is 8.52. The van der Waals surface area contributed by atoms with Crippen LogP contribution in [0.25, 0.3) is 0 Å². The molecular weight excluding hydrogens is 224 g/mol. The first-order chi connectivity index (χ1) is 8.81. The van der Waals surface area contributed by atoms with Gasteiger partial charge in [0.25, 0.3) is 0 Å². The van der Waals surface area contributed by atoms with E-state index in [4.69, 9.17) is 10.00 Å². The number of anilines is 1. The second-order valence-corrected chi connectivity index (χ2v) is 5.51. The summed E-state index contributed by atoms with van der Waals surface area (Å²) >= 11 is 0. The summed E-state index contributed by atoms with van der Waals surface area (Å²) in [7, 11) is 0. The highest BCUT2D eigenvalue weighted by atomic mass is 16.5. The molecule has 0 unspecified atom stereocenters. The summed E-state index contributed by atoms with van der Waals surface area (Å²) in [6, 6.07) is 10.1.